The molecule has 1 aliphatic rings. The molecule has 4 heterocycles. The molecule has 0 spiro atoms. The molecule has 8 heteroatoms. The average Bonchev–Trinajstić information content (AvgIpc) is 3.18. The van der Waals surface area contributed by atoms with E-state index in [-0.39, 0.29) is 5.91 Å². The number of likely N-dealkylation sites (tertiary alicyclic amines) is 1. The zero-order valence-electron chi connectivity index (χ0n) is 12.7. The van der Waals surface area contributed by atoms with Gasteiger partial charge >= 0.3 is 0 Å². The third-order valence-electron chi connectivity index (χ3n) is 4.20. The predicted molar refractivity (Wildman–Crippen MR) is 85.5 cm³/mol. The lowest BCUT2D eigenvalue weighted by Gasteiger charge is -2.30. The number of aryl methyl sites for hydroxylation is 1. The summed E-state index contributed by atoms with van der Waals surface area (Å²) < 4.78 is 1.80. The summed E-state index contributed by atoms with van der Waals surface area (Å²) in [7, 11) is 0. The predicted octanol–water partition coefficient (Wildman–Crippen LogP) is 1.91. The second kappa shape index (κ2) is 5.69. The summed E-state index contributed by atoms with van der Waals surface area (Å²) in [5.41, 5.74) is 0.653. The highest BCUT2D eigenvalue weighted by molar-refractivity contribution is 7.16. The van der Waals surface area contributed by atoms with E-state index in [1.54, 1.807) is 34.3 Å². The third kappa shape index (κ3) is 2.59. The Morgan fingerprint density at radius 1 is 1.30 bits per heavy atom. The van der Waals surface area contributed by atoms with Gasteiger partial charge in [-0.3, -0.25) is 9.78 Å². The fourth-order valence-corrected chi connectivity index (χ4v) is 3.95. The second-order valence-electron chi connectivity index (χ2n) is 5.69. The van der Waals surface area contributed by atoms with E-state index in [0.29, 0.717) is 11.5 Å². The Labute approximate surface area is 137 Å². The molecule has 0 N–H and O–H groups in total. The van der Waals surface area contributed by atoms with Crippen molar-refractivity contribution < 1.29 is 4.79 Å². The van der Waals surface area contributed by atoms with Crippen molar-refractivity contribution >= 4 is 22.2 Å². The van der Waals surface area contributed by atoms with Crippen molar-refractivity contribution in [1.29, 1.82) is 0 Å². The van der Waals surface area contributed by atoms with Crippen molar-refractivity contribution in [3.8, 4) is 0 Å². The Bertz CT molecular complexity index is 834. The largest absolute Gasteiger partial charge is 0.339 e. The summed E-state index contributed by atoms with van der Waals surface area (Å²) in [6.07, 6.45) is 5.16. The highest BCUT2D eigenvalue weighted by Gasteiger charge is 2.27. The van der Waals surface area contributed by atoms with Crippen molar-refractivity contribution in [2.75, 3.05) is 13.1 Å². The van der Waals surface area contributed by atoms with Crippen molar-refractivity contribution in [3.05, 3.63) is 40.9 Å². The van der Waals surface area contributed by atoms with Crippen LogP contribution in [0.15, 0.2) is 24.5 Å². The van der Waals surface area contributed by atoms with Gasteiger partial charge in [-0.15, -0.1) is 10.2 Å². The highest BCUT2D eigenvalue weighted by atomic mass is 32.1. The Balaban J connectivity index is 1.45. The van der Waals surface area contributed by atoms with Crippen LogP contribution in [-0.2, 0) is 0 Å². The fourth-order valence-electron chi connectivity index (χ4n) is 2.90. The number of aromatic nitrogens is 5. The Hall–Kier alpha value is -2.35. The maximum Gasteiger partial charge on any atom is 0.255 e. The first-order valence-electron chi connectivity index (χ1n) is 7.60. The molecule has 0 atom stereocenters. The summed E-state index contributed by atoms with van der Waals surface area (Å²) in [5.74, 6) is 1.26. The van der Waals surface area contributed by atoms with Gasteiger partial charge in [-0.2, -0.15) is 9.61 Å². The van der Waals surface area contributed by atoms with Crippen LogP contribution in [0.2, 0.25) is 0 Å². The molecule has 1 saturated heterocycles. The summed E-state index contributed by atoms with van der Waals surface area (Å²) in [4.78, 5) is 19.2. The van der Waals surface area contributed by atoms with E-state index in [1.807, 2.05) is 17.9 Å². The molecular formula is C15H16N6OS. The molecule has 23 heavy (non-hydrogen) atoms. The van der Waals surface area contributed by atoms with Crippen LogP contribution in [0.25, 0.3) is 4.96 Å². The molecule has 0 aliphatic carbocycles. The lowest BCUT2D eigenvalue weighted by Crippen LogP contribution is -2.37. The first-order valence-corrected chi connectivity index (χ1v) is 8.42. The van der Waals surface area contributed by atoms with Gasteiger partial charge in [-0.25, -0.2) is 0 Å². The molecule has 1 aliphatic heterocycles. The number of carbonyl (C=O) groups excluding carboxylic acids is 1. The van der Waals surface area contributed by atoms with E-state index in [9.17, 15) is 4.79 Å². The zero-order chi connectivity index (χ0) is 15.8. The number of amides is 1. The van der Waals surface area contributed by atoms with Crippen LogP contribution >= 0.6 is 11.3 Å². The lowest BCUT2D eigenvalue weighted by molar-refractivity contribution is 0.0712. The quantitative estimate of drug-likeness (QED) is 0.718. The Kier molecular flexibility index (Phi) is 3.53. The Morgan fingerprint density at radius 3 is 2.83 bits per heavy atom. The first-order chi connectivity index (χ1) is 11.2. The van der Waals surface area contributed by atoms with Crippen LogP contribution in [-0.4, -0.2) is 48.7 Å². The molecule has 3 aromatic heterocycles. The topological polar surface area (TPSA) is 76.3 Å². The molecule has 0 aromatic carbocycles. The number of rotatable bonds is 2. The highest BCUT2D eigenvalue weighted by Crippen LogP contribution is 2.31. The van der Waals surface area contributed by atoms with Crippen LogP contribution < -0.4 is 0 Å². The van der Waals surface area contributed by atoms with Gasteiger partial charge in [0.1, 0.15) is 5.01 Å². The number of fused-ring (bicyclic) bond motifs is 1. The SMILES string of the molecule is Cc1nnc2sc(C3CCN(C(=O)c4cccnc4)CC3)nn12. The molecule has 0 saturated carbocycles. The van der Waals surface area contributed by atoms with Crippen LogP contribution in [0.5, 0.6) is 0 Å². The van der Waals surface area contributed by atoms with Crippen molar-refractivity contribution in [1.82, 2.24) is 29.7 Å². The van der Waals surface area contributed by atoms with Gasteiger partial charge in [0.25, 0.3) is 5.91 Å². The van der Waals surface area contributed by atoms with Gasteiger partial charge in [-0.05, 0) is 31.9 Å². The van der Waals surface area contributed by atoms with Gasteiger partial charge in [-0.1, -0.05) is 11.3 Å². The van der Waals surface area contributed by atoms with E-state index in [1.165, 1.54) is 0 Å². The van der Waals surface area contributed by atoms with E-state index in [2.05, 4.69) is 20.3 Å². The van der Waals surface area contributed by atoms with E-state index in [0.717, 1.165) is 41.7 Å². The van der Waals surface area contributed by atoms with Gasteiger partial charge in [0.15, 0.2) is 5.82 Å². The van der Waals surface area contributed by atoms with Crippen LogP contribution in [0.4, 0.5) is 0 Å². The third-order valence-corrected chi connectivity index (χ3v) is 5.26. The molecule has 0 unspecified atom stereocenters. The van der Waals surface area contributed by atoms with E-state index < -0.39 is 0 Å². The maximum absolute atomic E-state index is 12.4. The average molecular weight is 328 g/mol. The molecule has 1 fully saturated rings. The fraction of sp³-hybridized carbons (Fsp3) is 0.400. The minimum Gasteiger partial charge on any atom is -0.339 e. The summed E-state index contributed by atoms with van der Waals surface area (Å²) >= 11 is 1.60. The van der Waals surface area contributed by atoms with Crippen molar-refractivity contribution in [3.63, 3.8) is 0 Å². The molecule has 3 aromatic rings. The van der Waals surface area contributed by atoms with E-state index in [4.69, 9.17) is 0 Å². The van der Waals surface area contributed by atoms with Gasteiger partial charge in [0.2, 0.25) is 4.96 Å². The van der Waals surface area contributed by atoms with Gasteiger partial charge in [0, 0.05) is 31.4 Å². The monoisotopic (exact) mass is 328 g/mol. The smallest absolute Gasteiger partial charge is 0.255 e. The van der Waals surface area contributed by atoms with Gasteiger partial charge in [0.05, 0.1) is 5.56 Å². The number of nitrogens with zero attached hydrogens (tertiary/aromatic N) is 6. The lowest BCUT2D eigenvalue weighted by atomic mass is 9.97. The molecule has 0 bridgehead atoms. The van der Waals surface area contributed by atoms with Crippen LogP contribution in [0, 0.1) is 6.92 Å². The zero-order valence-corrected chi connectivity index (χ0v) is 13.5. The van der Waals surface area contributed by atoms with Crippen molar-refractivity contribution in [2.24, 2.45) is 0 Å². The molecule has 1 amide bonds. The molecular weight excluding hydrogens is 312 g/mol. The second-order valence-corrected chi connectivity index (χ2v) is 6.68. The maximum atomic E-state index is 12.4. The minimum absolute atomic E-state index is 0.0607. The van der Waals surface area contributed by atoms with Gasteiger partial charge < -0.3 is 4.90 Å². The first kappa shape index (κ1) is 14.3. The van der Waals surface area contributed by atoms with Crippen molar-refractivity contribution in [2.45, 2.75) is 25.7 Å². The van der Waals surface area contributed by atoms with E-state index >= 15 is 0 Å². The standard InChI is InChI=1S/C15H16N6OS/c1-10-17-18-15-21(10)19-13(23-15)11-4-7-20(8-5-11)14(22)12-3-2-6-16-9-12/h2-3,6,9,11H,4-5,7-8H2,1H3. The normalized spacial score (nSPS) is 16.1. The number of carbonyl (C=O) groups is 1. The molecule has 7 nitrogen and oxygen atoms in total. The Morgan fingerprint density at radius 2 is 2.13 bits per heavy atom. The number of hydrogen-bond acceptors (Lipinski definition) is 6. The molecule has 118 valence electrons. The summed E-state index contributed by atoms with van der Waals surface area (Å²) in [6.45, 7) is 3.40. The summed E-state index contributed by atoms with van der Waals surface area (Å²) in [6, 6.07) is 3.61. The minimum atomic E-state index is 0.0607. The number of piperidine rings is 1. The molecule has 4 rings (SSSR count). The molecule has 0 radical (unpaired) electrons. The summed E-state index contributed by atoms with van der Waals surface area (Å²) in [5, 5.41) is 13.8. The number of pyridine rings is 1. The number of hydrogen-bond donors (Lipinski definition) is 0. The van der Waals surface area contributed by atoms with Crippen LogP contribution in [0.3, 0.4) is 0 Å². The van der Waals surface area contributed by atoms with Crippen LogP contribution in [0.1, 0.15) is 39.9 Å².